The molecule has 0 radical (unpaired) electrons. The molecule has 0 saturated carbocycles. The van der Waals surface area contributed by atoms with Gasteiger partial charge in [0.05, 0.1) is 6.10 Å². The van der Waals surface area contributed by atoms with Crippen LogP contribution in [-0.4, -0.2) is 18.8 Å². The van der Waals surface area contributed by atoms with Crippen LogP contribution in [0.1, 0.15) is 59.3 Å². The van der Waals surface area contributed by atoms with Crippen molar-refractivity contribution < 1.29 is 4.74 Å². The Bertz CT molecular complexity index is 199. The minimum atomic E-state index is 0.315. The van der Waals surface area contributed by atoms with E-state index in [0.717, 1.165) is 18.9 Å². The second-order valence-electron chi connectivity index (χ2n) is 5.53. The van der Waals surface area contributed by atoms with Crippen molar-refractivity contribution in [3.8, 4) is 0 Å². The summed E-state index contributed by atoms with van der Waals surface area (Å²) in [7, 11) is 0. The Hall–Kier alpha value is -0.120. The fraction of sp³-hybridized carbons (Fsp3) is 1.00. The van der Waals surface area contributed by atoms with Crippen molar-refractivity contribution in [2.45, 2.75) is 71.4 Å². The van der Waals surface area contributed by atoms with E-state index in [2.05, 4.69) is 26.2 Å². The number of rotatable bonds is 8. The van der Waals surface area contributed by atoms with Crippen LogP contribution in [-0.2, 0) is 4.74 Å². The Kier molecular flexibility index (Phi) is 7.09. The van der Waals surface area contributed by atoms with Gasteiger partial charge in [-0.2, -0.15) is 0 Å². The third-order valence-electron chi connectivity index (χ3n) is 4.19. The van der Waals surface area contributed by atoms with Crippen molar-refractivity contribution in [3.63, 3.8) is 0 Å². The highest BCUT2D eigenvalue weighted by Crippen LogP contribution is 2.28. The number of hydrogen-bond acceptors (Lipinski definition) is 3. The maximum Gasteiger partial charge on any atom is 0.0767 e. The minimum Gasteiger partial charge on any atom is -0.376 e. The number of nitrogens with two attached hydrogens (primary N) is 1. The van der Waals surface area contributed by atoms with Crippen LogP contribution in [0.25, 0.3) is 0 Å². The van der Waals surface area contributed by atoms with Crippen molar-refractivity contribution in [3.05, 3.63) is 0 Å². The first-order valence-electron chi connectivity index (χ1n) is 7.30. The fourth-order valence-corrected chi connectivity index (χ4v) is 2.87. The van der Waals surface area contributed by atoms with Gasteiger partial charge < -0.3 is 4.74 Å². The predicted octanol–water partition coefficient (Wildman–Crippen LogP) is 2.85. The van der Waals surface area contributed by atoms with Gasteiger partial charge in [-0.3, -0.25) is 11.3 Å². The molecule has 3 heteroatoms. The van der Waals surface area contributed by atoms with Gasteiger partial charge >= 0.3 is 0 Å². The summed E-state index contributed by atoms with van der Waals surface area (Å²) in [5, 5.41) is 0. The summed E-state index contributed by atoms with van der Waals surface area (Å²) in [5.74, 6) is 7.14. The molecule has 1 aliphatic rings. The summed E-state index contributed by atoms with van der Waals surface area (Å²) in [6, 6.07) is 0.328. The second-order valence-corrected chi connectivity index (χ2v) is 5.53. The zero-order chi connectivity index (χ0) is 12.7. The third-order valence-corrected chi connectivity index (χ3v) is 4.19. The lowest BCUT2D eigenvalue weighted by atomic mass is 9.87. The number of unbranched alkanes of at least 4 members (excludes halogenated alkanes) is 1. The largest absolute Gasteiger partial charge is 0.376 e. The Morgan fingerprint density at radius 3 is 2.65 bits per heavy atom. The maximum atomic E-state index is 5.83. The van der Waals surface area contributed by atoms with Gasteiger partial charge in [0, 0.05) is 12.6 Å². The van der Waals surface area contributed by atoms with Crippen LogP contribution in [0, 0.1) is 11.8 Å². The van der Waals surface area contributed by atoms with Gasteiger partial charge in [0.15, 0.2) is 0 Å². The molecule has 1 heterocycles. The Balaban J connectivity index is 2.43. The average molecular weight is 242 g/mol. The molecule has 17 heavy (non-hydrogen) atoms. The van der Waals surface area contributed by atoms with Crippen molar-refractivity contribution in [1.29, 1.82) is 0 Å². The van der Waals surface area contributed by atoms with Crippen molar-refractivity contribution >= 4 is 0 Å². The second kappa shape index (κ2) is 8.06. The zero-order valence-electron chi connectivity index (χ0n) is 11.7. The van der Waals surface area contributed by atoms with Crippen LogP contribution in [0.4, 0.5) is 0 Å². The highest BCUT2D eigenvalue weighted by molar-refractivity contribution is 4.85. The smallest absolute Gasteiger partial charge is 0.0767 e. The molecule has 0 aliphatic carbocycles. The lowest BCUT2D eigenvalue weighted by molar-refractivity contribution is 0.0518. The third kappa shape index (κ3) is 4.57. The van der Waals surface area contributed by atoms with Gasteiger partial charge in [-0.15, -0.1) is 0 Å². The average Bonchev–Trinajstić information content (AvgIpc) is 2.76. The Morgan fingerprint density at radius 2 is 2.18 bits per heavy atom. The summed E-state index contributed by atoms with van der Waals surface area (Å²) in [6.45, 7) is 7.71. The summed E-state index contributed by atoms with van der Waals surface area (Å²) < 4.78 is 5.83. The highest BCUT2D eigenvalue weighted by atomic mass is 16.5. The van der Waals surface area contributed by atoms with E-state index in [1.807, 2.05) is 0 Å². The van der Waals surface area contributed by atoms with E-state index < -0.39 is 0 Å². The van der Waals surface area contributed by atoms with E-state index in [9.17, 15) is 0 Å². The standard InChI is InChI=1S/C14H30N2O/c1-4-6-7-12(5-2)10-13(16-15)14-11(3)8-9-17-14/h11-14,16H,4-10,15H2,1-3H3. The molecule has 0 bridgehead atoms. The van der Waals surface area contributed by atoms with Crippen LogP contribution in [0.15, 0.2) is 0 Å². The first-order valence-corrected chi connectivity index (χ1v) is 7.30. The minimum absolute atomic E-state index is 0.315. The van der Waals surface area contributed by atoms with Gasteiger partial charge in [-0.1, -0.05) is 46.5 Å². The van der Waals surface area contributed by atoms with Gasteiger partial charge in [-0.25, -0.2) is 0 Å². The van der Waals surface area contributed by atoms with Crippen molar-refractivity contribution in [2.24, 2.45) is 17.7 Å². The topological polar surface area (TPSA) is 47.3 Å². The molecule has 1 aliphatic heterocycles. The summed E-state index contributed by atoms with van der Waals surface area (Å²) in [5.41, 5.74) is 2.99. The molecule has 1 rings (SSSR count). The molecule has 0 spiro atoms. The molecule has 0 aromatic carbocycles. The van der Waals surface area contributed by atoms with Gasteiger partial charge in [0.25, 0.3) is 0 Å². The van der Waals surface area contributed by atoms with E-state index in [1.54, 1.807) is 0 Å². The van der Waals surface area contributed by atoms with E-state index >= 15 is 0 Å². The van der Waals surface area contributed by atoms with E-state index in [4.69, 9.17) is 10.6 Å². The molecule has 1 saturated heterocycles. The molecular weight excluding hydrogens is 212 g/mol. The predicted molar refractivity (Wildman–Crippen MR) is 72.6 cm³/mol. The molecule has 4 atom stereocenters. The number of hydrazine groups is 1. The number of nitrogens with one attached hydrogen (secondary N) is 1. The molecule has 3 nitrogen and oxygen atoms in total. The van der Waals surface area contributed by atoms with E-state index in [1.165, 1.54) is 32.1 Å². The van der Waals surface area contributed by atoms with Gasteiger partial charge in [-0.05, 0) is 24.7 Å². The van der Waals surface area contributed by atoms with E-state index in [-0.39, 0.29) is 0 Å². The maximum absolute atomic E-state index is 5.83. The van der Waals surface area contributed by atoms with Crippen LogP contribution in [0.5, 0.6) is 0 Å². The Morgan fingerprint density at radius 1 is 1.41 bits per heavy atom. The number of hydrogen-bond donors (Lipinski definition) is 2. The highest BCUT2D eigenvalue weighted by Gasteiger charge is 2.32. The molecule has 1 fully saturated rings. The molecule has 102 valence electrons. The summed E-state index contributed by atoms with van der Waals surface area (Å²) in [6.07, 6.45) is 7.84. The quantitative estimate of drug-likeness (QED) is 0.508. The summed E-state index contributed by atoms with van der Waals surface area (Å²) >= 11 is 0. The van der Waals surface area contributed by atoms with Crippen LogP contribution < -0.4 is 11.3 Å². The first kappa shape index (κ1) is 14.9. The zero-order valence-corrected chi connectivity index (χ0v) is 11.7. The van der Waals surface area contributed by atoms with Crippen LogP contribution in [0.2, 0.25) is 0 Å². The molecule has 0 amide bonds. The lowest BCUT2D eigenvalue weighted by Crippen LogP contribution is -2.46. The number of ether oxygens (including phenoxy) is 1. The van der Waals surface area contributed by atoms with Gasteiger partial charge in [0.1, 0.15) is 0 Å². The van der Waals surface area contributed by atoms with Crippen molar-refractivity contribution in [2.75, 3.05) is 6.61 Å². The molecule has 3 N–H and O–H groups in total. The fourth-order valence-electron chi connectivity index (χ4n) is 2.87. The monoisotopic (exact) mass is 242 g/mol. The van der Waals surface area contributed by atoms with Crippen molar-refractivity contribution in [1.82, 2.24) is 5.43 Å². The van der Waals surface area contributed by atoms with Crippen LogP contribution in [0.3, 0.4) is 0 Å². The Labute approximate surface area is 106 Å². The molecule has 4 unspecified atom stereocenters. The lowest BCUT2D eigenvalue weighted by Gasteiger charge is -2.28. The van der Waals surface area contributed by atoms with Gasteiger partial charge in [0.2, 0.25) is 0 Å². The normalized spacial score (nSPS) is 28.2. The molecule has 0 aromatic heterocycles. The molecule has 0 aromatic rings. The first-order chi connectivity index (χ1) is 8.22. The molecular formula is C14H30N2O. The SMILES string of the molecule is CCCCC(CC)CC(NN)C1OCCC1C. The van der Waals surface area contributed by atoms with Crippen LogP contribution >= 0.6 is 0 Å². The summed E-state index contributed by atoms with van der Waals surface area (Å²) in [4.78, 5) is 0. The van der Waals surface area contributed by atoms with E-state index in [0.29, 0.717) is 18.1 Å².